The zero-order valence-corrected chi connectivity index (χ0v) is 13.3. The predicted octanol–water partition coefficient (Wildman–Crippen LogP) is -0.924. The van der Waals surface area contributed by atoms with Gasteiger partial charge in [0.2, 0.25) is 0 Å². The number of nitrogens with two attached hydrogens (primary N) is 1. The molecular formula is C16H20N4O5. The van der Waals surface area contributed by atoms with Gasteiger partial charge in [-0.3, -0.25) is 4.79 Å². The quantitative estimate of drug-likeness (QED) is 0.408. The summed E-state index contributed by atoms with van der Waals surface area (Å²) < 4.78 is 5.37. The molecule has 25 heavy (non-hydrogen) atoms. The summed E-state index contributed by atoms with van der Waals surface area (Å²) in [5, 5.41) is 31.7. The standard InChI is InChI=1S/C16H20N4O5/c17-14-10(16(24)18-6-8-4-2-1-3-5-8)19-15(20-14)13-12(23)11(22)9(7-21)25-13/h1-5,9,11-13,21-23H,6-7,17H2,(H,18,24)(H,19,20)/t9-,11-,12-,13-/m1/s1. The van der Waals surface area contributed by atoms with E-state index in [1.54, 1.807) is 0 Å². The molecule has 1 amide bonds. The maximum atomic E-state index is 12.3. The smallest absolute Gasteiger partial charge is 0.271 e. The third-order valence-corrected chi connectivity index (χ3v) is 4.08. The van der Waals surface area contributed by atoms with E-state index in [9.17, 15) is 15.0 Å². The van der Waals surface area contributed by atoms with Gasteiger partial charge in [0.25, 0.3) is 5.91 Å². The summed E-state index contributed by atoms with van der Waals surface area (Å²) in [5.74, 6) is -0.380. The largest absolute Gasteiger partial charge is 0.394 e. The molecule has 1 saturated heterocycles. The Hall–Kier alpha value is -2.46. The van der Waals surface area contributed by atoms with E-state index in [0.717, 1.165) is 5.56 Å². The molecule has 2 aromatic rings. The summed E-state index contributed by atoms with van der Waals surface area (Å²) in [6.45, 7) is -0.128. The zero-order valence-electron chi connectivity index (χ0n) is 13.3. The van der Waals surface area contributed by atoms with E-state index in [4.69, 9.17) is 15.6 Å². The molecule has 9 nitrogen and oxygen atoms in total. The Bertz CT molecular complexity index is 735. The third kappa shape index (κ3) is 3.49. The van der Waals surface area contributed by atoms with Crippen molar-refractivity contribution in [3.63, 3.8) is 0 Å². The fourth-order valence-corrected chi connectivity index (χ4v) is 2.71. The number of benzene rings is 1. The fraction of sp³-hybridized carbons (Fsp3) is 0.375. The highest BCUT2D eigenvalue weighted by atomic mass is 16.6. The molecule has 1 aromatic heterocycles. The third-order valence-electron chi connectivity index (χ3n) is 4.08. The van der Waals surface area contributed by atoms with Crippen LogP contribution in [0.15, 0.2) is 30.3 Å². The number of carbonyl (C=O) groups excluding carboxylic acids is 1. The normalized spacial score (nSPS) is 25.9. The van der Waals surface area contributed by atoms with E-state index in [0.29, 0.717) is 6.54 Å². The van der Waals surface area contributed by atoms with Gasteiger partial charge in [-0.2, -0.15) is 0 Å². The van der Waals surface area contributed by atoms with E-state index in [-0.39, 0.29) is 17.3 Å². The van der Waals surface area contributed by atoms with E-state index in [1.807, 2.05) is 30.3 Å². The molecule has 0 unspecified atom stereocenters. The number of imidazole rings is 1. The topological polar surface area (TPSA) is 154 Å². The number of amides is 1. The number of aromatic nitrogens is 2. The van der Waals surface area contributed by atoms with Crippen LogP contribution < -0.4 is 11.1 Å². The molecule has 0 saturated carbocycles. The van der Waals surface area contributed by atoms with Gasteiger partial charge in [0.05, 0.1) is 6.61 Å². The average Bonchev–Trinajstić information content (AvgIpc) is 3.14. The lowest BCUT2D eigenvalue weighted by Gasteiger charge is -2.11. The molecule has 4 atom stereocenters. The second-order valence-electron chi connectivity index (χ2n) is 5.81. The number of aromatic amines is 1. The van der Waals surface area contributed by atoms with Gasteiger partial charge >= 0.3 is 0 Å². The van der Waals surface area contributed by atoms with Crippen molar-refractivity contribution < 1.29 is 24.9 Å². The molecule has 1 fully saturated rings. The summed E-state index contributed by atoms with van der Waals surface area (Å²) in [5.41, 5.74) is 6.75. The lowest BCUT2D eigenvalue weighted by Crippen LogP contribution is -2.32. The van der Waals surface area contributed by atoms with Crippen molar-refractivity contribution in [2.24, 2.45) is 0 Å². The summed E-state index contributed by atoms with van der Waals surface area (Å²) in [6.07, 6.45) is -4.48. The van der Waals surface area contributed by atoms with E-state index >= 15 is 0 Å². The van der Waals surface area contributed by atoms with Crippen LogP contribution in [0.25, 0.3) is 0 Å². The van der Waals surface area contributed by atoms with Gasteiger partial charge in [0, 0.05) is 6.54 Å². The minimum atomic E-state index is -1.29. The van der Waals surface area contributed by atoms with Crippen LogP contribution in [0, 0.1) is 0 Å². The molecule has 0 aliphatic carbocycles. The van der Waals surface area contributed by atoms with Crippen molar-refractivity contribution >= 4 is 11.7 Å². The van der Waals surface area contributed by atoms with Gasteiger partial charge in [0.15, 0.2) is 5.82 Å². The number of ether oxygens (including phenoxy) is 1. The van der Waals surface area contributed by atoms with Crippen molar-refractivity contribution in [2.75, 3.05) is 12.3 Å². The Morgan fingerprint density at radius 1 is 1.28 bits per heavy atom. The highest BCUT2D eigenvalue weighted by molar-refractivity contribution is 5.96. The number of hydrogen-bond donors (Lipinski definition) is 6. The van der Waals surface area contributed by atoms with Crippen molar-refractivity contribution in [2.45, 2.75) is 31.0 Å². The molecule has 7 N–H and O–H groups in total. The first kappa shape index (κ1) is 17.4. The Balaban J connectivity index is 1.71. The summed E-state index contributed by atoms with van der Waals surface area (Å²) in [7, 11) is 0. The second-order valence-corrected chi connectivity index (χ2v) is 5.81. The Labute approximate surface area is 143 Å². The van der Waals surface area contributed by atoms with Crippen LogP contribution in [0.1, 0.15) is 28.0 Å². The monoisotopic (exact) mass is 348 g/mol. The van der Waals surface area contributed by atoms with Gasteiger partial charge in [0.1, 0.15) is 35.9 Å². The van der Waals surface area contributed by atoms with Crippen molar-refractivity contribution in [3.8, 4) is 0 Å². The summed E-state index contributed by atoms with van der Waals surface area (Å²) >= 11 is 0. The SMILES string of the molecule is Nc1nc([C@@H]2O[C@H](CO)[C@@H](O)[C@H]2O)[nH]c1C(=O)NCc1ccccc1. The minimum absolute atomic E-state index is 0.0432. The molecule has 0 spiro atoms. The van der Waals surface area contributed by atoms with E-state index in [1.165, 1.54) is 0 Å². The zero-order chi connectivity index (χ0) is 18.0. The average molecular weight is 348 g/mol. The first-order valence-corrected chi connectivity index (χ1v) is 7.81. The van der Waals surface area contributed by atoms with Crippen LogP contribution >= 0.6 is 0 Å². The molecule has 2 heterocycles. The molecular weight excluding hydrogens is 328 g/mol. The molecule has 134 valence electrons. The Kier molecular flexibility index (Phi) is 5.00. The lowest BCUT2D eigenvalue weighted by molar-refractivity contribution is -0.0250. The van der Waals surface area contributed by atoms with Crippen molar-refractivity contribution in [1.29, 1.82) is 0 Å². The predicted molar refractivity (Wildman–Crippen MR) is 87.3 cm³/mol. The van der Waals surface area contributed by atoms with Crippen LogP contribution in [0.4, 0.5) is 5.82 Å². The number of rotatable bonds is 5. The lowest BCUT2D eigenvalue weighted by atomic mass is 10.1. The van der Waals surface area contributed by atoms with E-state index in [2.05, 4.69) is 15.3 Å². The first-order valence-electron chi connectivity index (χ1n) is 7.81. The second kappa shape index (κ2) is 7.19. The van der Waals surface area contributed by atoms with Crippen LogP contribution in [-0.2, 0) is 11.3 Å². The van der Waals surface area contributed by atoms with E-state index < -0.39 is 36.9 Å². The molecule has 9 heteroatoms. The number of nitrogens with one attached hydrogen (secondary N) is 2. The number of carbonyl (C=O) groups is 1. The van der Waals surface area contributed by atoms with Gasteiger partial charge in [-0.05, 0) is 5.56 Å². The Morgan fingerprint density at radius 2 is 2.00 bits per heavy atom. The molecule has 3 rings (SSSR count). The number of nitrogen functional groups attached to an aromatic ring is 1. The minimum Gasteiger partial charge on any atom is -0.394 e. The number of hydrogen-bond acceptors (Lipinski definition) is 7. The highest BCUT2D eigenvalue weighted by Gasteiger charge is 2.44. The molecule has 0 bridgehead atoms. The number of H-pyrrole nitrogens is 1. The van der Waals surface area contributed by atoms with Gasteiger partial charge in [-0.1, -0.05) is 30.3 Å². The van der Waals surface area contributed by atoms with Crippen LogP contribution in [0.5, 0.6) is 0 Å². The number of aliphatic hydroxyl groups excluding tert-OH is 3. The maximum absolute atomic E-state index is 12.3. The molecule has 1 aromatic carbocycles. The van der Waals surface area contributed by atoms with Gasteiger partial charge in [-0.15, -0.1) is 0 Å². The Morgan fingerprint density at radius 3 is 2.64 bits per heavy atom. The number of anilines is 1. The molecule has 1 aliphatic rings. The van der Waals surface area contributed by atoms with Crippen LogP contribution in [-0.4, -0.2) is 56.1 Å². The summed E-state index contributed by atoms with van der Waals surface area (Å²) in [6, 6.07) is 9.37. The van der Waals surface area contributed by atoms with Crippen LogP contribution in [0.2, 0.25) is 0 Å². The van der Waals surface area contributed by atoms with Gasteiger partial charge < -0.3 is 36.1 Å². The number of aliphatic hydroxyl groups is 3. The summed E-state index contributed by atoms with van der Waals surface area (Å²) in [4.78, 5) is 19.0. The van der Waals surface area contributed by atoms with Crippen molar-refractivity contribution in [3.05, 3.63) is 47.4 Å². The number of nitrogens with zero attached hydrogens (tertiary/aromatic N) is 1. The van der Waals surface area contributed by atoms with Crippen LogP contribution in [0.3, 0.4) is 0 Å². The first-order chi connectivity index (χ1) is 12.0. The maximum Gasteiger partial charge on any atom is 0.271 e. The molecule has 0 radical (unpaired) electrons. The molecule has 1 aliphatic heterocycles. The highest BCUT2D eigenvalue weighted by Crippen LogP contribution is 2.32. The van der Waals surface area contributed by atoms with Crippen molar-refractivity contribution in [1.82, 2.24) is 15.3 Å². The fourth-order valence-electron chi connectivity index (χ4n) is 2.71. The van der Waals surface area contributed by atoms with Gasteiger partial charge in [-0.25, -0.2) is 4.98 Å².